The van der Waals surface area contributed by atoms with E-state index < -0.39 is 10.0 Å². The Labute approximate surface area is 192 Å². The monoisotopic (exact) mass is 457 g/mol. The molecule has 32 heavy (non-hydrogen) atoms. The van der Waals surface area contributed by atoms with Gasteiger partial charge in [-0.15, -0.1) is 0 Å². The van der Waals surface area contributed by atoms with Gasteiger partial charge in [0.2, 0.25) is 10.0 Å². The van der Waals surface area contributed by atoms with Crippen LogP contribution < -0.4 is 4.74 Å². The summed E-state index contributed by atoms with van der Waals surface area (Å²) < 4.78 is 40.1. The number of ether oxygens (including phenoxy) is 2. The molecule has 2 aliphatic heterocycles. The molecule has 5 nitrogen and oxygen atoms in total. The molecule has 0 aromatic heterocycles. The van der Waals surface area contributed by atoms with E-state index in [2.05, 4.69) is 6.92 Å². The van der Waals surface area contributed by atoms with E-state index >= 15 is 0 Å². The second-order valence-electron chi connectivity index (χ2n) is 9.24. The largest absolute Gasteiger partial charge is 0.490 e. The Kier molecular flexibility index (Phi) is 7.54. The van der Waals surface area contributed by atoms with Crippen LogP contribution in [-0.2, 0) is 27.7 Å². The average Bonchev–Trinajstić information content (AvgIpc) is 2.81. The number of rotatable bonds is 7. The Morgan fingerprint density at radius 1 is 0.969 bits per heavy atom. The van der Waals surface area contributed by atoms with Crippen molar-refractivity contribution in [2.24, 2.45) is 5.92 Å². The standard InChI is InChI=1S/C26H35NO4S/c1-20-8-13-26(18-22-6-4-3-5-7-22)32(28,29)27(20)19-23-9-11-25(12-10-23)31-21(2)24-14-16-30-17-15-24/h3-7,9-12,20-21,24,26H,8,13-19H2,1-2H3/t20-,21?,26?/m0/s1. The predicted octanol–water partition coefficient (Wildman–Crippen LogP) is 4.81. The SMILES string of the molecule is CC(Oc1ccc(CN2[C@@H](C)CCC(Cc3ccccc3)S2(=O)=O)cc1)C1CCOCC1. The van der Waals surface area contributed by atoms with Crippen LogP contribution in [0, 0.1) is 5.92 Å². The smallest absolute Gasteiger partial charge is 0.217 e. The molecule has 2 unspecified atom stereocenters. The zero-order valence-corrected chi connectivity index (χ0v) is 20.0. The maximum absolute atomic E-state index is 13.4. The van der Waals surface area contributed by atoms with Crippen molar-refractivity contribution in [2.75, 3.05) is 13.2 Å². The zero-order chi connectivity index (χ0) is 22.6. The molecule has 0 saturated carbocycles. The molecule has 3 atom stereocenters. The lowest BCUT2D eigenvalue weighted by molar-refractivity contribution is 0.0239. The molecule has 2 aromatic carbocycles. The minimum Gasteiger partial charge on any atom is -0.490 e. The van der Waals surface area contributed by atoms with E-state index in [0.717, 1.165) is 49.4 Å². The fourth-order valence-corrected chi connectivity index (χ4v) is 7.00. The van der Waals surface area contributed by atoms with Gasteiger partial charge in [-0.25, -0.2) is 8.42 Å². The summed E-state index contributed by atoms with van der Waals surface area (Å²) in [7, 11) is -3.36. The van der Waals surface area contributed by atoms with Crippen LogP contribution in [0.3, 0.4) is 0 Å². The third kappa shape index (κ3) is 5.53. The maximum atomic E-state index is 13.4. The topological polar surface area (TPSA) is 55.8 Å². The first kappa shape index (κ1) is 23.3. The first-order valence-corrected chi connectivity index (χ1v) is 13.3. The lowest BCUT2D eigenvalue weighted by Gasteiger charge is -2.37. The summed E-state index contributed by atoms with van der Waals surface area (Å²) >= 11 is 0. The molecule has 6 heteroatoms. The van der Waals surface area contributed by atoms with Gasteiger partial charge in [-0.1, -0.05) is 42.5 Å². The van der Waals surface area contributed by atoms with E-state index in [1.807, 2.05) is 61.5 Å². The van der Waals surface area contributed by atoms with Crippen molar-refractivity contribution in [3.05, 3.63) is 65.7 Å². The Hall–Kier alpha value is -1.89. The summed E-state index contributed by atoms with van der Waals surface area (Å²) in [5, 5.41) is -0.357. The Morgan fingerprint density at radius 3 is 2.34 bits per heavy atom. The molecule has 2 heterocycles. The van der Waals surface area contributed by atoms with E-state index in [0.29, 0.717) is 25.3 Å². The molecule has 174 valence electrons. The minimum absolute atomic E-state index is 0.0106. The Balaban J connectivity index is 1.40. The Morgan fingerprint density at radius 2 is 1.66 bits per heavy atom. The highest BCUT2D eigenvalue weighted by atomic mass is 32.2. The van der Waals surface area contributed by atoms with Crippen molar-refractivity contribution in [1.82, 2.24) is 4.31 Å². The summed E-state index contributed by atoms with van der Waals surface area (Å²) in [6, 6.07) is 17.9. The fourth-order valence-electron chi connectivity index (χ4n) is 4.84. The molecular weight excluding hydrogens is 422 g/mol. The van der Waals surface area contributed by atoms with Gasteiger partial charge in [0.05, 0.1) is 11.4 Å². The molecule has 4 rings (SSSR count). The third-order valence-corrected chi connectivity index (χ3v) is 9.35. The first-order chi connectivity index (χ1) is 15.4. The van der Waals surface area contributed by atoms with Gasteiger partial charge in [-0.3, -0.25) is 0 Å². The summed E-state index contributed by atoms with van der Waals surface area (Å²) in [4.78, 5) is 0. The number of benzene rings is 2. The number of hydrogen-bond acceptors (Lipinski definition) is 4. The van der Waals surface area contributed by atoms with Crippen LogP contribution in [0.4, 0.5) is 0 Å². The van der Waals surface area contributed by atoms with Crippen molar-refractivity contribution in [1.29, 1.82) is 0 Å². The van der Waals surface area contributed by atoms with Gasteiger partial charge in [0.25, 0.3) is 0 Å². The van der Waals surface area contributed by atoms with Crippen molar-refractivity contribution in [3.63, 3.8) is 0 Å². The van der Waals surface area contributed by atoms with E-state index in [-0.39, 0.29) is 17.4 Å². The van der Waals surface area contributed by atoms with Crippen LogP contribution in [0.15, 0.2) is 54.6 Å². The van der Waals surface area contributed by atoms with Crippen LogP contribution in [0.25, 0.3) is 0 Å². The van der Waals surface area contributed by atoms with E-state index in [9.17, 15) is 8.42 Å². The molecule has 2 saturated heterocycles. The van der Waals surface area contributed by atoms with Gasteiger partial charge >= 0.3 is 0 Å². The van der Waals surface area contributed by atoms with Crippen molar-refractivity contribution in [3.8, 4) is 5.75 Å². The summed E-state index contributed by atoms with van der Waals surface area (Å²) in [5.74, 6) is 1.36. The molecule has 0 radical (unpaired) electrons. The van der Waals surface area contributed by atoms with E-state index in [4.69, 9.17) is 9.47 Å². The van der Waals surface area contributed by atoms with Gasteiger partial charge in [-0.05, 0) is 75.1 Å². The van der Waals surface area contributed by atoms with Crippen LogP contribution in [-0.4, -0.2) is 43.3 Å². The van der Waals surface area contributed by atoms with Crippen LogP contribution >= 0.6 is 0 Å². The third-order valence-electron chi connectivity index (χ3n) is 6.97. The second kappa shape index (κ2) is 10.4. The fraction of sp³-hybridized carbons (Fsp3) is 0.538. The normalized spacial score (nSPS) is 25.3. The highest BCUT2D eigenvalue weighted by molar-refractivity contribution is 7.89. The highest BCUT2D eigenvalue weighted by Gasteiger charge is 2.39. The Bertz CT molecular complexity index is 955. The zero-order valence-electron chi connectivity index (χ0n) is 19.2. The molecule has 0 aliphatic carbocycles. The molecule has 0 amide bonds. The summed E-state index contributed by atoms with van der Waals surface area (Å²) in [6.45, 7) is 6.17. The highest BCUT2D eigenvalue weighted by Crippen LogP contribution is 2.31. The molecule has 0 spiro atoms. The number of hydrogen-bond donors (Lipinski definition) is 0. The van der Waals surface area contributed by atoms with Gasteiger partial charge in [0, 0.05) is 25.8 Å². The van der Waals surface area contributed by atoms with E-state index in [1.54, 1.807) is 4.31 Å². The lowest BCUT2D eigenvalue weighted by Crippen LogP contribution is -2.48. The minimum atomic E-state index is -3.36. The summed E-state index contributed by atoms with van der Waals surface area (Å²) in [6.07, 6.45) is 4.39. The quantitative estimate of drug-likeness (QED) is 0.599. The lowest BCUT2D eigenvalue weighted by atomic mass is 9.95. The average molecular weight is 458 g/mol. The summed E-state index contributed by atoms with van der Waals surface area (Å²) in [5.41, 5.74) is 2.07. The van der Waals surface area contributed by atoms with Crippen molar-refractivity contribution < 1.29 is 17.9 Å². The molecule has 0 N–H and O–H groups in total. The van der Waals surface area contributed by atoms with Gasteiger partial charge in [0.1, 0.15) is 5.75 Å². The number of nitrogens with zero attached hydrogens (tertiary/aromatic N) is 1. The molecule has 0 bridgehead atoms. The molecule has 2 fully saturated rings. The van der Waals surface area contributed by atoms with Gasteiger partial charge in [-0.2, -0.15) is 4.31 Å². The van der Waals surface area contributed by atoms with Crippen LogP contribution in [0.1, 0.15) is 50.7 Å². The molecule has 2 aliphatic rings. The van der Waals surface area contributed by atoms with E-state index in [1.165, 1.54) is 0 Å². The van der Waals surface area contributed by atoms with Gasteiger partial charge in [0.15, 0.2) is 0 Å². The first-order valence-electron chi connectivity index (χ1n) is 11.8. The van der Waals surface area contributed by atoms with Crippen LogP contribution in [0.2, 0.25) is 0 Å². The predicted molar refractivity (Wildman–Crippen MR) is 127 cm³/mol. The second-order valence-corrected chi connectivity index (χ2v) is 11.4. The molecule has 2 aromatic rings. The maximum Gasteiger partial charge on any atom is 0.217 e. The van der Waals surface area contributed by atoms with Gasteiger partial charge < -0.3 is 9.47 Å². The van der Waals surface area contributed by atoms with Crippen LogP contribution in [0.5, 0.6) is 5.75 Å². The number of sulfonamides is 1. The van der Waals surface area contributed by atoms with Crippen molar-refractivity contribution >= 4 is 10.0 Å². The molecular formula is C26H35NO4S. The van der Waals surface area contributed by atoms with Crippen molar-refractivity contribution in [2.45, 2.75) is 69.9 Å².